The molecule has 0 radical (unpaired) electrons. The van der Waals surface area contributed by atoms with Crippen molar-refractivity contribution in [3.05, 3.63) is 29.8 Å². The highest BCUT2D eigenvalue weighted by molar-refractivity contribution is 5.96. The smallest absolute Gasteiger partial charge is 0.224 e. The third kappa shape index (κ3) is 0.921. The minimum Gasteiger partial charge on any atom is -0.308 e. The number of rotatable bonds is 0. The molecule has 4 rings (SSSR count). The van der Waals surface area contributed by atoms with Gasteiger partial charge in [0.25, 0.3) is 0 Å². The first kappa shape index (κ1) is 9.69. The first-order valence-electron chi connectivity index (χ1n) is 6.64. The zero-order valence-corrected chi connectivity index (χ0v) is 10.1. The van der Waals surface area contributed by atoms with Crippen LogP contribution in [-0.2, 0) is 10.2 Å². The minimum atomic E-state index is 0.213. The lowest BCUT2D eigenvalue weighted by Crippen LogP contribution is -2.58. The third-order valence-corrected chi connectivity index (χ3v) is 5.29. The van der Waals surface area contributed by atoms with E-state index in [4.69, 9.17) is 0 Å². The maximum Gasteiger partial charge on any atom is 0.224 e. The molecule has 0 bridgehead atoms. The van der Waals surface area contributed by atoms with Crippen LogP contribution in [0.1, 0.15) is 38.2 Å². The summed E-state index contributed by atoms with van der Waals surface area (Å²) in [6.45, 7) is 1.71. The summed E-state index contributed by atoms with van der Waals surface area (Å²) in [5, 5.41) is 0. The van der Waals surface area contributed by atoms with Crippen LogP contribution in [0.4, 0.5) is 5.69 Å². The van der Waals surface area contributed by atoms with Crippen molar-refractivity contribution in [1.29, 1.82) is 0 Å². The fraction of sp³-hybridized carbons (Fsp3) is 0.533. The Morgan fingerprint density at radius 3 is 3.00 bits per heavy atom. The molecule has 0 saturated heterocycles. The van der Waals surface area contributed by atoms with Gasteiger partial charge in [-0.3, -0.25) is 4.79 Å². The van der Waals surface area contributed by atoms with Crippen LogP contribution >= 0.6 is 0 Å². The van der Waals surface area contributed by atoms with E-state index < -0.39 is 0 Å². The lowest BCUT2D eigenvalue weighted by Gasteiger charge is -2.50. The topological polar surface area (TPSA) is 20.3 Å². The van der Waals surface area contributed by atoms with Crippen LogP contribution in [0.15, 0.2) is 24.3 Å². The lowest BCUT2D eigenvalue weighted by molar-refractivity contribution is -0.118. The first-order valence-corrected chi connectivity index (χ1v) is 6.64. The summed E-state index contributed by atoms with van der Waals surface area (Å²) in [7, 11) is 0. The van der Waals surface area contributed by atoms with Crippen molar-refractivity contribution in [3.63, 3.8) is 0 Å². The largest absolute Gasteiger partial charge is 0.308 e. The molecule has 17 heavy (non-hydrogen) atoms. The van der Waals surface area contributed by atoms with E-state index in [1.165, 1.54) is 36.9 Å². The van der Waals surface area contributed by atoms with E-state index in [1.54, 1.807) is 6.92 Å². The van der Waals surface area contributed by atoms with Gasteiger partial charge < -0.3 is 4.90 Å². The maximum absolute atomic E-state index is 11.9. The fourth-order valence-electron chi connectivity index (χ4n) is 4.69. The quantitative estimate of drug-likeness (QED) is 0.667. The highest BCUT2D eigenvalue weighted by Crippen LogP contribution is 2.66. The Morgan fingerprint density at radius 1 is 1.41 bits per heavy atom. The Labute approximate surface area is 102 Å². The van der Waals surface area contributed by atoms with Gasteiger partial charge in [0.2, 0.25) is 5.91 Å². The fourth-order valence-corrected chi connectivity index (χ4v) is 4.69. The maximum atomic E-state index is 11.9. The number of fused-ring (bicyclic) bond motifs is 1. The van der Waals surface area contributed by atoms with E-state index in [0.29, 0.717) is 11.5 Å². The normalized spacial score (nSPS) is 37.1. The number of carbonyl (C=O) groups excluding carboxylic acids is 1. The number of para-hydroxylation sites is 1. The molecule has 1 aliphatic heterocycles. The van der Waals surface area contributed by atoms with E-state index in [-0.39, 0.29) is 5.91 Å². The summed E-state index contributed by atoms with van der Waals surface area (Å²) in [5.41, 5.74) is 2.98. The molecule has 1 spiro atoms. The number of benzene rings is 1. The zero-order valence-electron chi connectivity index (χ0n) is 10.1. The van der Waals surface area contributed by atoms with Crippen LogP contribution in [0.5, 0.6) is 0 Å². The van der Waals surface area contributed by atoms with Crippen molar-refractivity contribution in [3.8, 4) is 0 Å². The number of anilines is 1. The monoisotopic (exact) mass is 227 g/mol. The Hall–Kier alpha value is -1.31. The predicted octanol–water partition coefficient (Wildman–Crippen LogP) is 2.86. The van der Waals surface area contributed by atoms with Gasteiger partial charge in [-0.15, -0.1) is 0 Å². The van der Waals surface area contributed by atoms with E-state index in [9.17, 15) is 4.79 Å². The highest BCUT2D eigenvalue weighted by atomic mass is 16.2. The van der Waals surface area contributed by atoms with Crippen molar-refractivity contribution in [2.75, 3.05) is 4.90 Å². The number of hydrogen-bond acceptors (Lipinski definition) is 1. The Bertz CT molecular complexity index is 509. The van der Waals surface area contributed by atoms with Crippen LogP contribution in [0, 0.1) is 5.92 Å². The van der Waals surface area contributed by atoms with Gasteiger partial charge in [-0.2, -0.15) is 0 Å². The molecule has 1 aromatic rings. The number of hydrogen-bond donors (Lipinski definition) is 0. The number of amides is 1. The lowest BCUT2D eigenvalue weighted by atomic mass is 9.56. The Balaban J connectivity index is 1.94. The molecular formula is C15H17NO. The Kier molecular flexibility index (Phi) is 1.67. The van der Waals surface area contributed by atoms with Crippen molar-refractivity contribution >= 4 is 11.6 Å². The molecular weight excluding hydrogens is 210 g/mol. The SMILES string of the molecule is CC(=O)N1c2ccccc2[C@]23CCC[C@H]2C[C@H]13. The first-order chi connectivity index (χ1) is 8.25. The van der Waals surface area contributed by atoms with Crippen molar-refractivity contribution < 1.29 is 4.79 Å². The molecule has 2 aliphatic carbocycles. The van der Waals surface area contributed by atoms with E-state index in [2.05, 4.69) is 29.2 Å². The van der Waals surface area contributed by atoms with E-state index in [1.807, 2.05) is 0 Å². The van der Waals surface area contributed by atoms with Gasteiger partial charge in [-0.1, -0.05) is 24.6 Å². The zero-order chi connectivity index (χ0) is 11.6. The average molecular weight is 227 g/mol. The summed E-state index contributed by atoms with van der Waals surface area (Å²) in [6, 6.07) is 9.02. The molecule has 3 aliphatic rings. The predicted molar refractivity (Wildman–Crippen MR) is 67.0 cm³/mol. The van der Waals surface area contributed by atoms with Gasteiger partial charge >= 0.3 is 0 Å². The van der Waals surface area contributed by atoms with E-state index >= 15 is 0 Å². The molecule has 0 aromatic heterocycles. The van der Waals surface area contributed by atoms with E-state index in [0.717, 1.165) is 5.92 Å². The molecule has 2 fully saturated rings. The second-order valence-corrected chi connectivity index (χ2v) is 5.79. The molecule has 88 valence electrons. The Morgan fingerprint density at radius 2 is 2.24 bits per heavy atom. The summed E-state index contributed by atoms with van der Waals surface area (Å²) in [5.74, 6) is 1.04. The number of nitrogens with zero attached hydrogens (tertiary/aromatic N) is 1. The van der Waals surface area contributed by atoms with Crippen molar-refractivity contribution in [2.24, 2.45) is 5.92 Å². The molecule has 1 heterocycles. The molecule has 2 saturated carbocycles. The summed E-state index contributed by atoms with van der Waals surface area (Å²) < 4.78 is 0. The molecule has 2 nitrogen and oxygen atoms in total. The van der Waals surface area contributed by atoms with Gasteiger partial charge in [-0.25, -0.2) is 0 Å². The summed E-state index contributed by atoms with van der Waals surface area (Å²) in [6.07, 6.45) is 5.19. The molecule has 0 unspecified atom stereocenters. The van der Waals surface area contributed by atoms with Crippen LogP contribution in [-0.4, -0.2) is 11.9 Å². The van der Waals surface area contributed by atoms with Crippen molar-refractivity contribution in [2.45, 2.75) is 44.1 Å². The van der Waals surface area contributed by atoms with Crippen LogP contribution < -0.4 is 4.90 Å². The van der Waals surface area contributed by atoms with Gasteiger partial charge in [0, 0.05) is 24.1 Å². The van der Waals surface area contributed by atoms with Gasteiger partial charge in [0.15, 0.2) is 0 Å². The third-order valence-electron chi connectivity index (χ3n) is 5.29. The second kappa shape index (κ2) is 2.92. The van der Waals surface area contributed by atoms with Gasteiger partial charge in [-0.05, 0) is 36.8 Å². The van der Waals surface area contributed by atoms with Crippen LogP contribution in [0.25, 0.3) is 0 Å². The number of carbonyl (C=O) groups is 1. The second-order valence-electron chi connectivity index (χ2n) is 5.79. The molecule has 0 N–H and O–H groups in total. The summed E-state index contributed by atoms with van der Waals surface area (Å²) in [4.78, 5) is 14.0. The molecule has 2 heteroatoms. The highest BCUT2D eigenvalue weighted by Gasteiger charge is 2.65. The van der Waals surface area contributed by atoms with Crippen molar-refractivity contribution in [1.82, 2.24) is 0 Å². The molecule has 3 atom stereocenters. The van der Waals surface area contributed by atoms with Crippen LogP contribution in [0.3, 0.4) is 0 Å². The van der Waals surface area contributed by atoms with Gasteiger partial charge in [0.1, 0.15) is 0 Å². The molecule has 1 aromatic carbocycles. The summed E-state index contributed by atoms with van der Waals surface area (Å²) >= 11 is 0. The minimum absolute atomic E-state index is 0.213. The average Bonchev–Trinajstić information content (AvgIpc) is 2.74. The van der Waals surface area contributed by atoms with Gasteiger partial charge in [0.05, 0.1) is 0 Å². The molecule has 1 amide bonds. The van der Waals surface area contributed by atoms with Crippen LogP contribution in [0.2, 0.25) is 0 Å². The standard InChI is InChI=1S/C15H17NO/c1-10(17)16-13-7-3-2-6-12(13)15-8-4-5-11(15)9-14(15)16/h2-3,6-7,11,14H,4-5,8-9H2,1H3/t11-,14-,15-/m0/s1.